The number of ether oxygens (including phenoxy) is 2. The van der Waals surface area contributed by atoms with Gasteiger partial charge in [0.05, 0.1) is 16.8 Å². The Bertz CT molecular complexity index is 1340. The van der Waals surface area contributed by atoms with E-state index in [0.29, 0.717) is 11.4 Å². The smallest absolute Gasteiger partial charge is 0.416 e. The van der Waals surface area contributed by atoms with E-state index >= 15 is 0 Å². The highest BCUT2D eigenvalue weighted by atomic mass is 32.1. The van der Waals surface area contributed by atoms with E-state index in [1.807, 2.05) is 35.7 Å². The molecule has 4 rings (SSSR count). The summed E-state index contributed by atoms with van der Waals surface area (Å²) in [5.41, 5.74) is 1.05. The van der Waals surface area contributed by atoms with Gasteiger partial charge in [-0.05, 0) is 42.5 Å². The predicted molar refractivity (Wildman–Crippen MR) is 129 cm³/mol. The van der Waals surface area contributed by atoms with E-state index < -0.39 is 30.2 Å². The summed E-state index contributed by atoms with van der Waals surface area (Å²) < 4.78 is 49.0. The van der Waals surface area contributed by atoms with Gasteiger partial charge in [0, 0.05) is 16.6 Å². The molecule has 0 spiro atoms. The van der Waals surface area contributed by atoms with Crippen LogP contribution in [0.1, 0.15) is 21.6 Å². The summed E-state index contributed by atoms with van der Waals surface area (Å²) in [6.45, 7) is -0.399. The van der Waals surface area contributed by atoms with E-state index in [9.17, 15) is 22.8 Å². The Balaban J connectivity index is 1.25. The lowest BCUT2D eigenvalue weighted by atomic mass is 10.2. The minimum atomic E-state index is -4.51. The number of nitrogens with one attached hydrogen (secondary N) is 1. The Morgan fingerprint density at radius 1 is 0.944 bits per heavy atom. The molecule has 0 fully saturated rings. The number of hydrogen-bond donors (Lipinski definition) is 1. The van der Waals surface area contributed by atoms with Crippen LogP contribution in [0.2, 0.25) is 0 Å². The molecule has 0 radical (unpaired) electrons. The summed E-state index contributed by atoms with van der Waals surface area (Å²) >= 11 is 1.46. The van der Waals surface area contributed by atoms with Crippen molar-refractivity contribution in [3.63, 3.8) is 0 Å². The molecule has 36 heavy (non-hydrogen) atoms. The zero-order valence-corrected chi connectivity index (χ0v) is 19.4. The first-order chi connectivity index (χ1) is 17.3. The van der Waals surface area contributed by atoms with E-state index in [1.54, 1.807) is 0 Å². The molecule has 0 saturated carbocycles. The number of halogens is 3. The second-order valence-corrected chi connectivity index (χ2v) is 8.38. The summed E-state index contributed by atoms with van der Waals surface area (Å²) in [4.78, 5) is 28.9. The lowest BCUT2D eigenvalue weighted by Gasteiger charge is -2.11. The molecule has 1 aromatic heterocycles. The van der Waals surface area contributed by atoms with Gasteiger partial charge < -0.3 is 14.8 Å². The molecule has 3 aromatic carbocycles. The summed E-state index contributed by atoms with van der Waals surface area (Å²) in [6, 6.07) is 19.9. The van der Waals surface area contributed by atoms with Crippen LogP contribution in [0.15, 0.2) is 84.2 Å². The number of alkyl halides is 3. The third-order valence-electron chi connectivity index (χ3n) is 4.86. The van der Waals surface area contributed by atoms with E-state index in [-0.39, 0.29) is 17.9 Å². The monoisotopic (exact) mass is 512 g/mol. The number of carbonyl (C=O) groups excluding carboxylic acids is 2. The zero-order valence-electron chi connectivity index (χ0n) is 18.6. The second kappa shape index (κ2) is 11.0. The number of anilines is 1. The molecule has 4 aromatic rings. The molecule has 0 aliphatic carbocycles. The van der Waals surface area contributed by atoms with Crippen LogP contribution < -0.4 is 10.1 Å². The van der Waals surface area contributed by atoms with E-state index in [1.165, 1.54) is 47.7 Å². The van der Waals surface area contributed by atoms with Gasteiger partial charge in [0.1, 0.15) is 17.4 Å². The minimum absolute atomic E-state index is 0.00696. The molecule has 6 nitrogen and oxygen atoms in total. The standard InChI is InChI=1S/C26H19F3N2O4S/c27-26(28,29)19-7-4-8-20(13-19)30-23(32)15-34-22-11-9-18(10-12-22)25(33)35-14-21-16-36-24(31-21)17-5-2-1-3-6-17/h1-13,16H,14-15H2,(H,30,32). The molecule has 0 saturated heterocycles. The quantitative estimate of drug-likeness (QED) is 0.284. The van der Waals surface area contributed by atoms with Crippen molar-refractivity contribution in [1.29, 1.82) is 0 Å². The third kappa shape index (κ3) is 6.70. The summed E-state index contributed by atoms with van der Waals surface area (Å²) in [7, 11) is 0. The number of carbonyl (C=O) groups is 2. The van der Waals surface area contributed by atoms with Gasteiger partial charge in [-0.1, -0.05) is 36.4 Å². The number of thiazole rings is 1. The highest BCUT2D eigenvalue weighted by Gasteiger charge is 2.30. The molecular weight excluding hydrogens is 493 g/mol. The number of rotatable bonds is 8. The van der Waals surface area contributed by atoms with Gasteiger partial charge in [-0.25, -0.2) is 9.78 Å². The molecular formula is C26H19F3N2O4S. The van der Waals surface area contributed by atoms with Crippen LogP contribution in [0.25, 0.3) is 10.6 Å². The van der Waals surface area contributed by atoms with Crippen LogP contribution in [0.4, 0.5) is 18.9 Å². The average molecular weight is 513 g/mol. The van der Waals surface area contributed by atoms with Crippen LogP contribution in [0, 0.1) is 0 Å². The number of esters is 1. The van der Waals surface area contributed by atoms with Gasteiger partial charge in [0.15, 0.2) is 6.61 Å². The fraction of sp³-hybridized carbons (Fsp3) is 0.115. The summed E-state index contributed by atoms with van der Waals surface area (Å²) in [5, 5.41) is 5.02. The lowest BCUT2D eigenvalue weighted by Crippen LogP contribution is -2.20. The van der Waals surface area contributed by atoms with Crippen LogP contribution in [0.5, 0.6) is 5.75 Å². The fourth-order valence-corrected chi connectivity index (χ4v) is 3.93. The number of amides is 1. The van der Waals surface area contributed by atoms with Crippen molar-refractivity contribution in [2.45, 2.75) is 12.8 Å². The Morgan fingerprint density at radius 2 is 1.69 bits per heavy atom. The number of hydrogen-bond acceptors (Lipinski definition) is 6. The average Bonchev–Trinajstić information content (AvgIpc) is 3.36. The first kappa shape index (κ1) is 24.9. The van der Waals surface area contributed by atoms with Crippen molar-refractivity contribution in [3.8, 4) is 16.3 Å². The van der Waals surface area contributed by atoms with E-state index in [0.717, 1.165) is 22.7 Å². The van der Waals surface area contributed by atoms with Gasteiger partial charge >= 0.3 is 12.1 Å². The Hall–Kier alpha value is -4.18. The minimum Gasteiger partial charge on any atom is -0.484 e. The van der Waals surface area contributed by atoms with Crippen LogP contribution in [0.3, 0.4) is 0 Å². The predicted octanol–water partition coefficient (Wildman–Crippen LogP) is 6.20. The summed E-state index contributed by atoms with van der Waals surface area (Å²) in [6.07, 6.45) is -4.51. The topological polar surface area (TPSA) is 77.5 Å². The first-order valence-electron chi connectivity index (χ1n) is 10.6. The SMILES string of the molecule is O=C(COc1ccc(C(=O)OCc2csc(-c3ccccc3)n2)cc1)Nc1cccc(C(F)(F)F)c1. The third-order valence-corrected chi connectivity index (χ3v) is 5.80. The Labute approximate surface area is 208 Å². The van der Waals surface area contributed by atoms with Gasteiger partial charge in [-0.2, -0.15) is 13.2 Å². The maximum Gasteiger partial charge on any atom is 0.416 e. The Kier molecular flexibility index (Phi) is 7.65. The largest absolute Gasteiger partial charge is 0.484 e. The fourth-order valence-electron chi connectivity index (χ4n) is 3.12. The van der Waals surface area contributed by atoms with Crippen LogP contribution >= 0.6 is 11.3 Å². The highest BCUT2D eigenvalue weighted by Crippen LogP contribution is 2.30. The normalized spacial score (nSPS) is 11.1. The molecule has 0 unspecified atom stereocenters. The van der Waals surface area contributed by atoms with E-state index in [2.05, 4.69) is 10.3 Å². The second-order valence-electron chi connectivity index (χ2n) is 7.53. The van der Waals surface area contributed by atoms with Crippen LogP contribution in [-0.2, 0) is 22.3 Å². The van der Waals surface area contributed by atoms with Crippen molar-refractivity contribution >= 4 is 28.9 Å². The molecule has 1 N–H and O–H groups in total. The highest BCUT2D eigenvalue weighted by molar-refractivity contribution is 7.13. The molecule has 1 heterocycles. The van der Waals surface area contributed by atoms with Crippen LogP contribution in [-0.4, -0.2) is 23.5 Å². The number of nitrogens with zero attached hydrogens (tertiary/aromatic N) is 1. The summed E-state index contributed by atoms with van der Waals surface area (Å²) in [5.74, 6) is -0.869. The molecule has 0 aliphatic heterocycles. The van der Waals surface area contributed by atoms with Gasteiger partial charge in [-0.3, -0.25) is 4.79 Å². The molecule has 0 bridgehead atoms. The van der Waals surface area contributed by atoms with Crippen molar-refractivity contribution < 1.29 is 32.2 Å². The molecule has 0 aliphatic rings. The lowest BCUT2D eigenvalue weighted by molar-refractivity contribution is -0.137. The first-order valence-corrected chi connectivity index (χ1v) is 11.5. The van der Waals surface area contributed by atoms with Crippen molar-refractivity contribution in [2.75, 3.05) is 11.9 Å². The molecule has 0 atom stereocenters. The Morgan fingerprint density at radius 3 is 2.42 bits per heavy atom. The molecule has 1 amide bonds. The van der Waals surface area contributed by atoms with Gasteiger partial charge in [-0.15, -0.1) is 11.3 Å². The van der Waals surface area contributed by atoms with Gasteiger partial charge in [0.25, 0.3) is 5.91 Å². The van der Waals surface area contributed by atoms with Crippen molar-refractivity contribution in [1.82, 2.24) is 4.98 Å². The molecule has 184 valence electrons. The number of aromatic nitrogens is 1. The zero-order chi connectivity index (χ0) is 25.5. The van der Waals surface area contributed by atoms with Crippen molar-refractivity contribution in [3.05, 3.63) is 101 Å². The maximum absolute atomic E-state index is 12.8. The van der Waals surface area contributed by atoms with Crippen molar-refractivity contribution in [2.24, 2.45) is 0 Å². The van der Waals surface area contributed by atoms with E-state index in [4.69, 9.17) is 9.47 Å². The van der Waals surface area contributed by atoms with Gasteiger partial charge in [0.2, 0.25) is 0 Å². The molecule has 10 heteroatoms. The maximum atomic E-state index is 12.8. The number of benzene rings is 3.